The molecule has 1 fully saturated rings. The van der Waals surface area contributed by atoms with Crippen LogP contribution in [0.5, 0.6) is 0 Å². The van der Waals surface area contributed by atoms with Crippen molar-refractivity contribution < 1.29 is 9.59 Å². The van der Waals surface area contributed by atoms with Crippen LogP contribution in [0.4, 0.5) is 0 Å². The molecule has 5 nitrogen and oxygen atoms in total. The van der Waals surface area contributed by atoms with Crippen LogP contribution in [0.25, 0.3) is 0 Å². The van der Waals surface area contributed by atoms with Gasteiger partial charge in [-0.15, -0.1) is 0 Å². The molecule has 0 aromatic carbocycles. The Hall–Kier alpha value is -1.69. The molecule has 0 spiro atoms. The molecule has 1 aromatic heterocycles. The fourth-order valence-corrected chi connectivity index (χ4v) is 3.32. The predicted molar refractivity (Wildman–Crippen MR) is 72.8 cm³/mol. The average molecular weight is 277 g/mol. The smallest absolute Gasteiger partial charge is 0.270 e. The first kappa shape index (κ1) is 12.3. The molecule has 1 atom stereocenters. The maximum absolute atomic E-state index is 12.5. The molecule has 2 aliphatic rings. The van der Waals surface area contributed by atoms with Crippen LogP contribution in [0.2, 0.25) is 0 Å². The molecule has 2 amide bonds. The van der Waals surface area contributed by atoms with Gasteiger partial charge in [0.1, 0.15) is 5.71 Å². The largest absolute Gasteiger partial charge is 0.330 e. The molecule has 0 aliphatic carbocycles. The molecule has 0 saturated carbocycles. The summed E-state index contributed by atoms with van der Waals surface area (Å²) in [7, 11) is 0. The Kier molecular flexibility index (Phi) is 3.33. The first-order chi connectivity index (χ1) is 9.25. The van der Waals surface area contributed by atoms with Gasteiger partial charge in [-0.25, -0.2) is 5.43 Å². The lowest BCUT2D eigenvalue weighted by molar-refractivity contribution is -0.125. The van der Waals surface area contributed by atoms with Crippen molar-refractivity contribution in [3.05, 3.63) is 22.4 Å². The zero-order valence-corrected chi connectivity index (χ0v) is 11.3. The number of hydrogen-bond acceptors (Lipinski definition) is 4. The first-order valence-electron chi connectivity index (χ1n) is 6.44. The minimum Gasteiger partial charge on any atom is -0.330 e. The van der Waals surface area contributed by atoms with Gasteiger partial charge in [0.05, 0.1) is 6.04 Å². The Bertz CT molecular complexity index is 524. The van der Waals surface area contributed by atoms with E-state index in [4.69, 9.17) is 0 Å². The monoisotopic (exact) mass is 277 g/mol. The SMILES string of the molecule is O=C1CCC(C(=O)N2CCCC2c2ccsc2)=NN1. The molecular formula is C13H15N3O2S. The third-order valence-electron chi connectivity index (χ3n) is 3.59. The van der Waals surface area contributed by atoms with Crippen molar-refractivity contribution >= 4 is 28.9 Å². The number of nitrogens with zero attached hydrogens (tertiary/aromatic N) is 2. The lowest BCUT2D eigenvalue weighted by Crippen LogP contribution is -2.39. The molecule has 2 aliphatic heterocycles. The third-order valence-corrected chi connectivity index (χ3v) is 4.29. The van der Waals surface area contributed by atoms with E-state index in [1.165, 1.54) is 5.56 Å². The van der Waals surface area contributed by atoms with Gasteiger partial charge in [-0.1, -0.05) is 0 Å². The molecule has 100 valence electrons. The zero-order valence-electron chi connectivity index (χ0n) is 10.5. The Morgan fingerprint density at radius 1 is 1.47 bits per heavy atom. The van der Waals surface area contributed by atoms with Crippen molar-refractivity contribution in [1.29, 1.82) is 0 Å². The lowest BCUT2D eigenvalue weighted by Gasteiger charge is -2.25. The normalized spacial score (nSPS) is 23.2. The Labute approximate surface area is 115 Å². The summed E-state index contributed by atoms with van der Waals surface area (Å²) in [5.74, 6) is -0.152. The van der Waals surface area contributed by atoms with Gasteiger partial charge in [0.2, 0.25) is 5.91 Å². The van der Waals surface area contributed by atoms with Gasteiger partial charge in [-0.2, -0.15) is 16.4 Å². The third kappa shape index (κ3) is 2.40. The quantitative estimate of drug-likeness (QED) is 0.894. The summed E-state index contributed by atoms with van der Waals surface area (Å²) in [6.45, 7) is 0.770. The topological polar surface area (TPSA) is 61.8 Å². The van der Waals surface area contributed by atoms with Crippen LogP contribution in [-0.4, -0.2) is 29.0 Å². The van der Waals surface area contributed by atoms with Gasteiger partial charge in [0, 0.05) is 19.4 Å². The molecule has 6 heteroatoms. The van der Waals surface area contributed by atoms with Gasteiger partial charge in [0.25, 0.3) is 5.91 Å². The van der Waals surface area contributed by atoms with E-state index >= 15 is 0 Å². The van der Waals surface area contributed by atoms with Crippen LogP contribution < -0.4 is 5.43 Å². The number of thiophene rings is 1. The predicted octanol–water partition coefficient (Wildman–Crippen LogP) is 1.68. The highest BCUT2D eigenvalue weighted by Gasteiger charge is 2.33. The van der Waals surface area contributed by atoms with Crippen molar-refractivity contribution in [3.63, 3.8) is 0 Å². The minimum atomic E-state index is -0.118. The van der Waals surface area contributed by atoms with Crippen molar-refractivity contribution in [2.45, 2.75) is 31.7 Å². The second-order valence-corrected chi connectivity index (χ2v) is 5.59. The molecule has 1 saturated heterocycles. The number of amides is 2. The molecule has 1 aromatic rings. The van der Waals surface area contributed by atoms with E-state index in [2.05, 4.69) is 22.0 Å². The number of nitrogens with one attached hydrogen (secondary N) is 1. The highest BCUT2D eigenvalue weighted by molar-refractivity contribution is 7.08. The van der Waals surface area contributed by atoms with Gasteiger partial charge in [-0.3, -0.25) is 9.59 Å². The van der Waals surface area contributed by atoms with E-state index in [0.717, 1.165) is 19.4 Å². The standard InChI is InChI=1S/C13H15N3O2S/c17-12-4-3-10(14-15-12)13(18)16-6-1-2-11(16)9-5-7-19-8-9/h5,7-8,11H,1-4,6H2,(H,15,17). The lowest BCUT2D eigenvalue weighted by atomic mass is 10.1. The van der Waals surface area contributed by atoms with E-state index in [1.54, 1.807) is 11.3 Å². The summed E-state index contributed by atoms with van der Waals surface area (Å²) < 4.78 is 0. The second kappa shape index (κ2) is 5.13. The van der Waals surface area contributed by atoms with Crippen LogP contribution in [0, 0.1) is 0 Å². The molecular weight excluding hydrogens is 262 g/mol. The number of hydrogen-bond donors (Lipinski definition) is 1. The number of carbonyl (C=O) groups excluding carboxylic acids is 2. The van der Waals surface area contributed by atoms with Gasteiger partial charge in [-0.05, 0) is 35.2 Å². The van der Waals surface area contributed by atoms with Crippen LogP contribution in [0.3, 0.4) is 0 Å². The molecule has 3 rings (SSSR count). The molecule has 1 N–H and O–H groups in total. The van der Waals surface area contributed by atoms with E-state index in [1.807, 2.05) is 10.3 Å². The molecule has 19 heavy (non-hydrogen) atoms. The summed E-state index contributed by atoms with van der Waals surface area (Å²) in [6.07, 6.45) is 2.81. The average Bonchev–Trinajstić information content (AvgIpc) is 3.09. The van der Waals surface area contributed by atoms with Crippen molar-refractivity contribution in [3.8, 4) is 0 Å². The van der Waals surface area contributed by atoms with E-state index < -0.39 is 0 Å². The highest BCUT2D eigenvalue weighted by Crippen LogP contribution is 2.33. The van der Waals surface area contributed by atoms with Crippen molar-refractivity contribution in [2.24, 2.45) is 5.10 Å². The van der Waals surface area contributed by atoms with Crippen LogP contribution >= 0.6 is 11.3 Å². The number of hydrazone groups is 1. The second-order valence-electron chi connectivity index (χ2n) is 4.81. The van der Waals surface area contributed by atoms with Gasteiger partial charge >= 0.3 is 0 Å². The first-order valence-corrected chi connectivity index (χ1v) is 7.38. The zero-order chi connectivity index (χ0) is 13.2. The molecule has 0 bridgehead atoms. The van der Waals surface area contributed by atoms with Gasteiger partial charge < -0.3 is 4.90 Å². The molecule has 1 unspecified atom stereocenters. The highest BCUT2D eigenvalue weighted by atomic mass is 32.1. The minimum absolute atomic E-state index is 0.0336. The molecule has 3 heterocycles. The summed E-state index contributed by atoms with van der Waals surface area (Å²) in [5, 5.41) is 8.03. The van der Waals surface area contributed by atoms with E-state index in [9.17, 15) is 9.59 Å². The van der Waals surface area contributed by atoms with E-state index in [-0.39, 0.29) is 17.9 Å². The summed E-state index contributed by atoms with van der Waals surface area (Å²) in [4.78, 5) is 25.4. The number of likely N-dealkylation sites (tertiary alicyclic amines) is 1. The molecule has 0 radical (unpaired) electrons. The summed E-state index contributed by atoms with van der Waals surface area (Å²) in [5.41, 5.74) is 4.07. The fraction of sp³-hybridized carbons (Fsp3) is 0.462. The summed E-state index contributed by atoms with van der Waals surface area (Å²) >= 11 is 1.65. The Morgan fingerprint density at radius 3 is 3.05 bits per heavy atom. The van der Waals surface area contributed by atoms with E-state index in [0.29, 0.717) is 18.6 Å². The fourth-order valence-electron chi connectivity index (χ4n) is 2.62. The van der Waals surface area contributed by atoms with Crippen LogP contribution in [0.15, 0.2) is 21.9 Å². The maximum Gasteiger partial charge on any atom is 0.270 e. The van der Waals surface area contributed by atoms with Crippen LogP contribution in [0.1, 0.15) is 37.3 Å². The van der Waals surface area contributed by atoms with Crippen molar-refractivity contribution in [1.82, 2.24) is 10.3 Å². The van der Waals surface area contributed by atoms with Crippen LogP contribution in [-0.2, 0) is 9.59 Å². The van der Waals surface area contributed by atoms with Crippen molar-refractivity contribution in [2.75, 3.05) is 6.54 Å². The summed E-state index contributed by atoms with van der Waals surface area (Å²) in [6, 6.07) is 2.24. The number of carbonyl (C=O) groups is 2. The number of rotatable bonds is 2. The Balaban J connectivity index is 1.77. The Morgan fingerprint density at radius 2 is 2.37 bits per heavy atom. The maximum atomic E-state index is 12.5. The van der Waals surface area contributed by atoms with Gasteiger partial charge in [0.15, 0.2) is 0 Å².